The summed E-state index contributed by atoms with van der Waals surface area (Å²) in [6.45, 7) is 0. The number of carbonyl (C=O) groups is 2. The molecule has 0 aromatic carbocycles. The molecule has 4 rings (SSSR count). The first-order chi connectivity index (χ1) is 11.7. The molecule has 2 aromatic rings. The van der Waals surface area contributed by atoms with Gasteiger partial charge >= 0.3 is 6.03 Å². The molecule has 0 radical (unpaired) electrons. The SMILES string of the molecule is NC(=O)Nc1sc2c(c1C=O)CCc1c-2cnn1C1CCCCC1. The number of aldehydes is 1. The first-order valence-electron chi connectivity index (χ1n) is 8.43. The van der Waals surface area contributed by atoms with Crippen molar-refractivity contribution in [2.45, 2.75) is 51.0 Å². The van der Waals surface area contributed by atoms with Crippen molar-refractivity contribution in [3.8, 4) is 10.4 Å². The standard InChI is InChI=1S/C17H20N4O2S/c18-17(23)20-16-13(9-22)11-6-7-14-12(15(11)24-16)8-19-21(14)10-4-2-1-3-5-10/h8-10H,1-7H2,(H3,18,20,23). The number of urea groups is 1. The summed E-state index contributed by atoms with van der Waals surface area (Å²) in [5.74, 6) is 0. The Balaban J connectivity index is 1.76. The van der Waals surface area contributed by atoms with Crippen LogP contribution in [-0.2, 0) is 12.8 Å². The number of nitrogens with one attached hydrogen (secondary N) is 1. The molecule has 2 aliphatic carbocycles. The molecule has 2 amide bonds. The molecule has 1 fully saturated rings. The first-order valence-corrected chi connectivity index (χ1v) is 9.24. The summed E-state index contributed by atoms with van der Waals surface area (Å²) >= 11 is 1.42. The number of nitrogens with zero attached hydrogens (tertiary/aromatic N) is 2. The zero-order chi connectivity index (χ0) is 16.7. The molecule has 2 heterocycles. The molecular weight excluding hydrogens is 324 g/mol. The van der Waals surface area contributed by atoms with Crippen molar-refractivity contribution >= 4 is 28.7 Å². The van der Waals surface area contributed by atoms with Crippen LogP contribution >= 0.6 is 11.3 Å². The van der Waals surface area contributed by atoms with Crippen molar-refractivity contribution in [3.05, 3.63) is 23.0 Å². The molecular formula is C17H20N4O2S. The van der Waals surface area contributed by atoms with Crippen molar-refractivity contribution in [2.24, 2.45) is 5.73 Å². The van der Waals surface area contributed by atoms with E-state index in [4.69, 9.17) is 5.73 Å². The second-order valence-corrected chi connectivity index (χ2v) is 7.52. The van der Waals surface area contributed by atoms with Crippen LogP contribution < -0.4 is 11.1 Å². The summed E-state index contributed by atoms with van der Waals surface area (Å²) in [7, 11) is 0. The second kappa shape index (κ2) is 6.05. The van der Waals surface area contributed by atoms with Crippen LogP contribution in [0.2, 0.25) is 0 Å². The van der Waals surface area contributed by atoms with Gasteiger partial charge in [-0.2, -0.15) is 5.10 Å². The van der Waals surface area contributed by atoms with E-state index < -0.39 is 6.03 Å². The molecule has 6 nitrogen and oxygen atoms in total. The van der Waals surface area contributed by atoms with Gasteiger partial charge in [-0.05, 0) is 31.2 Å². The number of fused-ring (bicyclic) bond motifs is 3. The van der Waals surface area contributed by atoms with Gasteiger partial charge in [-0.3, -0.25) is 14.8 Å². The topological polar surface area (TPSA) is 90.0 Å². The lowest BCUT2D eigenvalue weighted by Crippen LogP contribution is -2.19. The number of amides is 2. The molecule has 7 heteroatoms. The van der Waals surface area contributed by atoms with Gasteiger partial charge in [-0.15, -0.1) is 11.3 Å². The van der Waals surface area contributed by atoms with E-state index in [1.807, 2.05) is 6.20 Å². The highest BCUT2D eigenvalue weighted by Crippen LogP contribution is 2.45. The van der Waals surface area contributed by atoms with Crippen LogP contribution in [0.1, 0.15) is 59.8 Å². The molecule has 2 aromatic heterocycles. The number of aromatic nitrogens is 2. The maximum Gasteiger partial charge on any atom is 0.317 e. The third kappa shape index (κ3) is 2.43. The fourth-order valence-electron chi connectivity index (χ4n) is 3.98. The molecule has 0 saturated heterocycles. The van der Waals surface area contributed by atoms with Crippen molar-refractivity contribution in [1.82, 2.24) is 9.78 Å². The molecule has 1 saturated carbocycles. The zero-order valence-electron chi connectivity index (χ0n) is 13.4. The van der Waals surface area contributed by atoms with Crippen LogP contribution in [-0.4, -0.2) is 22.1 Å². The highest BCUT2D eigenvalue weighted by molar-refractivity contribution is 7.20. The van der Waals surface area contributed by atoms with E-state index >= 15 is 0 Å². The van der Waals surface area contributed by atoms with Crippen LogP contribution in [0.5, 0.6) is 0 Å². The molecule has 3 N–H and O–H groups in total. The van der Waals surface area contributed by atoms with Crippen molar-refractivity contribution in [2.75, 3.05) is 5.32 Å². The van der Waals surface area contributed by atoms with Gasteiger partial charge in [-0.1, -0.05) is 19.3 Å². The Morgan fingerprint density at radius 3 is 2.83 bits per heavy atom. The number of hydrogen-bond donors (Lipinski definition) is 2. The summed E-state index contributed by atoms with van der Waals surface area (Å²) in [6, 6.07) is -0.146. The number of primary amides is 1. The van der Waals surface area contributed by atoms with Crippen molar-refractivity contribution in [3.63, 3.8) is 0 Å². The van der Waals surface area contributed by atoms with Crippen LogP contribution in [0, 0.1) is 0 Å². The molecule has 0 aliphatic heterocycles. The molecule has 0 atom stereocenters. The quantitative estimate of drug-likeness (QED) is 0.835. The largest absolute Gasteiger partial charge is 0.351 e. The van der Waals surface area contributed by atoms with Gasteiger partial charge in [0.25, 0.3) is 0 Å². The van der Waals surface area contributed by atoms with Gasteiger partial charge in [0.1, 0.15) is 5.00 Å². The summed E-state index contributed by atoms with van der Waals surface area (Å²) in [5.41, 5.74) is 9.16. The summed E-state index contributed by atoms with van der Waals surface area (Å²) < 4.78 is 2.21. The molecule has 2 aliphatic rings. The lowest BCUT2D eigenvalue weighted by atomic mass is 9.92. The highest BCUT2D eigenvalue weighted by atomic mass is 32.1. The Kier molecular flexibility index (Phi) is 3.88. The average molecular weight is 344 g/mol. The van der Waals surface area contributed by atoms with E-state index in [0.29, 0.717) is 16.6 Å². The molecule has 126 valence electrons. The van der Waals surface area contributed by atoms with Crippen LogP contribution in [0.25, 0.3) is 10.4 Å². The average Bonchev–Trinajstić information content (AvgIpc) is 3.15. The van der Waals surface area contributed by atoms with E-state index in [2.05, 4.69) is 15.1 Å². The van der Waals surface area contributed by atoms with E-state index in [0.717, 1.165) is 35.1 Å². The third-order valence-corrected chi connectivity index (χ3v) is 6.27. The maximum atomic E-state index is 11.5. The van der Waals surface area contributed by atoms with Gasteiger partial charge in [0, 0.05) is 16.1 Å². The minimum atomic E-state index is -0.644. The third-order valence-electron chi connectivity index (χ3n) is 5.08. The van der Waals surface area contributed by atoms with Crippen LogP contribution in [0.4, 0.5) is 9.80 Å². The van der Waals surface area contributed by atoms with E-state index in [1.54, 1.807) is 0 Å². The number of thiophene rings is 1. The van der Waals surface area contributed by atoms with Gasteiger partial charge < -0.3 is 5.73 Å². The minimum absolute atomic E-state index is 0.498. The molecule has 24 heavy (non-hydrogen) atoms. The molecule has 0 spiro atoms. The first kappa shape index (κ1) is 15.4. The van der Waals surface area contributed by atoms with Crippen molar-refractivity contribution in [1.29, 1.82) is 0 Å². The fourth-order valence-corrected chi connectivity index (χ4v) is 5.24. The Hall–Kier alpha value is -2.15. The Morgan fingerprint density at radius 1 is 1.33 bits per heavy atom. The molecule has 0 bridgehead atoms. The number of anilines is 1. The number of rotatable bonds is 3. The molecule has 0 unspecified atom stereocenters. The number of nitrogens with two attached hydrogens (primary N) is 1. The van der Waals surface area contributed by atoms with Crippen molar-refractivity contribution < 1.29 is 9.59 Å². The fraction of sp³-hybridized carbons (Fsp3) is 0.471. The number of carbonyl (C=O) groups excluding carboxylic acids is 2. The lowest BCUT2D eigenvalue weighted by Gasteiger charge is -2.25. The lowest BCUT2D eigenvalue weighted by molar-refractivity contribution is 0.112. The minimum Gasteiger partial charge on any atom is -0.351 e. The van der Waals surface area contributed by atoms with Crippen LogP contribution in [0.15, 0.2) is 6.20 Å². The number of hydrogen-bond acceptors (Lipinski definition) is 4. The maximum absolute atomic E-state index is 11.5. The smallest absolute Gasteiger partial charge is 0.317 e. The Labute approximate surface area is 144 Å². The van der Waals surface area contributed by atoms with Gasteiger partial charge in [0.15, 0.2) is 6.29 Å². The summed E-state index contributed by atoms with van der Waals surface area (Å²) in [5, 5.41) is 7.79. The highest BCUT2D eigenvalue weighted by Gasteiger charge is 2.29. The normalized spacial score (nSPS) is 17.2. The van der Waals surface area contributed by atoms with Gasteiger partial charge in [0.2, 0.25) is 0 Å². The van der Waals surface area contributed by atoms with Crippen LogP contribution in [0.3, 0.4) is 0 Å². The zero-order valence-corrected chi connectivity index (χ0v) is 14.2. The monoisotopic (exact) mass is 344 g/mol. The van der Waals surface area contributed by atoms with Gasteiger partial charge in [0.05, 0.1) is 17.8 Å². The van der Waals surface area contributed by atoms with Gasteiger partial charge in [-0.25, -0.2) is 4.79 Å². The Bertz CT molecular complexity index is 802. The Morgan fingerprint density at radius 2 is 2.12 bits per heavy atom. The van der Waals surface area contributed by atoms with E-state index in [1.165, 1.54) is 49.1 Å². The second-order valence-electron chi connectivity index (χ2n) is 6.50. The predicted molar refractivity (Wildman–Crippen MR) is 93.7 cm³/mol. The predicted octanol–water partition coefficient (Wildman–Crippen LogP) is 3.52. The van der Waals surface area contributed by atoms with E-state index in [-0.39, 0.29) is 0 Å². The van der Waals surface area contributed by atoms with E-state index in [9.17, 15) is 9.59 Å². The summed E-state index contributed by atoms with van der Waals surface area (Å²) in [4.78, 5) is 23.7. The summed E-state index contributed by atoms with van der Waals surface area (Å²) in [6.07, 6.45) is 10.7.